The standard InChI is InChI=1S/C12H10O.2C10H7NO3.Al/c13-12-8-6-11(7-9-12)10-4-2-1-3-5-10;2*12-8-3-1-2-6-4-5-7(10(13)14)11-9(6)8;/h1-9,13H;2*1-5,12H,(H,13,14);. The first-order valence-corrected chi connectivity index (χ1v) is 12.2. The summed E-state index contributed by atoms with van der Waals surface area (Å²) >= 11 is 0. The van der Waals surface area contributed by atoms with Crippen LogP contribution in [0.4, 0.5) is 0 Å². The maximum atomic E-state index is 10.6. The Balaban J connectivity index is 0.000000171. The van der Waals surface area contributed by atoms with Gasteiger partial charge in [0.1, 0.15) is 39.7 Å². The number of aromatic carboxylic acids is 2. The van der Waals surface area contributed by atoms with Crippen molar-refractivity contribution in [3.8, 4) is 28.4 Å². The fraction of sp³-hybridized carbons (Fsp3) is 0. The van der Waals surface area contributed by atoms with Crippen LogP contribution in [0.1, 0.15) is 21.0 Å². The molecule has 0 aliphatic heterocycles. The third-order valence-electron chi connectivity index (χ3n) is 5.81. The zero-order valence-electron chi connectivity index (χ0n) is 22.0. The number of carboxylic acids is 2. The maximum absolute atomic E-state index is 10.6. The molecule has 0 amide bonds. The van der Waals surface area contributed by atoms with Crippen molar-refractivity contribution in [1.29, 1.82) is 0 Å². The van der Waals surface area contributed by atoms with Gasteiger partial charge in [-0.15, -0.1) is 0 Å². The zero-order valence-corrected chi connectivity index (χ0v) is 23.1. The normalized spacial score (nSPS) is 9.90. The molecular formula is C32H24AlN2O7. The summed E-state index contributed by atoms with van der Waals surface area (Å²) in [6, 6.07) is 33.2. The number of phenolic OH excluding ortho intramolecular Hbond substituents is 3. The van der Waals surface area contributed by atoms with E-state index in [-0.39, 0.29) is 40.2 Å². The molecule has 2 heterocycles. The fourth-order valence-electron chi connectivity index (χ4n) is 3.79. The second-order valence-corrected chi connectivity index (χ2v) is 8.61. The summed E-state index contributed by atoms with van der Waals surface area (Å²) in [5, 5.41) is 46.8. The molecule has 4 aromatic carbocycles. The van der Waals surface area contributed by atoms with Gasteiger partial charge in [-0.2, -0.15) is 0 Å². The van der Waals surface area contributed by atoms with Crippen LogP contribution in [0.25, 0.3) is 32.9 Å². The van der Waals surface area contributed by atoms with Crippen molar-refractivity contribution in [1.82, 2.24) is 9.97 Å². The highest BCUT2D eigenvalue weighted by Crippen LogP contribution is 2.23. The number of carbonyl (C=O) groups is 2. The fourth-order valence-corrected chi connectivity index (χ4v) is 3.79. The number of hydrogen-bond donors (Lipinski definition) is 5. The van der Waals surface area contributed by atoms with E-state index in [0.717, 1.165) is 16.3 Å². The van der Waals surface area contributed by atoms with Gasteiger partial charge in [-0.05, 0) is 47.5 Å². The summed E-state index contributed by atoms with van der Waals surface area (Å²) in [7, 11) is 0. The van der Waals surface area contributed by atoms with Gasteiger partial charge in [0.05, 0.1) is 0 Å². The van der Waals surface area contributed by atoms with Crippen LogP contribution in [-0.4, -0.2) is 64.8 Å². The van der Waals surface area contributed by atoms with E-state index in [1.165, 1.54) is 29.8 Å². The predicted molar refractivity (Wildman–Crippen MR) is 160 cm³/mol. The molecule has 6 rings (SSSR count). The molecule has 0 bridgehead atoms. The Kier molecular flexibility index (Phi) is 10.6. The lowest BCUT2D eigenvalue weighted by Crippen LogP contribution is -1.99. The first-order valence-electron chi connectivity index (χ1n) is 12.2. The molecule has 42 heavy (non-hydrogen) atoms. The highest BCUT2D eigenvalue weighted by atomic mass is 27.0. The summed E-state index contributed by atoms with van der Waals surface area (Å²) in [4.78, 5) is 28.9. The number of fused-ring (bicyclic) bond motifs is 2. The minimum atomic E-state index is -1.10. The Labute approximate surface area is 250 Å². The number of rotatable bonds is 3. The first-order chi connectivity index (χ1) is 19.7. The molecular weight excluding hydrogens is 551 g/mol. The lowest BCUT2D eigenvalue weighted by atomic mass is 10.1. The molecule has 3 radical (unpaired) electrons. The van der Waals surface area contributed by atoms with Crippen molar-refractivity contribution >= 4 is 51.1 Å². The second kappa shape index (κ2) is 14.3. The average molecular weight is 576 g/mol. The van der Waals surface area contributed by atoms with Crippen molar-refractivity contribution in [2.24, 2.45) is 0 Å². The number of benzene rings is 4. The van der Waals surface area contributed by atoms with E-state index in [0.29, 0.717) is 16.8 Å². The maximum Gasteiger partial charge on any atom is 0.354 e. The molecule has 10 heteroatoms. The minimum absolute atomic E-state index is 0. The Morgan fingerprint density at radius 3 is 1.33 bits per heavy atom. The SMILES string of the molecule is O=C(O)c1ccc2cccc(O)c2n1.O=C(O)c1ccc2cccc(O)c2n1.Oc1ccc(-c2ccccc2)cc1.[Al]. The Bertz CT molecular complexity index is 1730. The second-order valence-electron chi connectivity index (χ2n) is 8.61. The number of phenols is 3. The van der Waals surface area contributed by atoms with Crippen molar-refractivity contribution in [3.05, 3.63) is 127 Å². The molecule has 207 valence electrons. The summed E-state index contributed by atoms with van der Waals surface area (Å²) < 4.78 is 0. The van der Waals surface area contributed by atoms with Crippen molar-refractivity contribution in [3.63, 3.8) is 0 Å². The molecule has 0 atom stereocenters. The molecule has 0 saturated carbocycles. The van der Waals surface area contributed by atoms with E-state index >= 15 is 0 Å². The monoisotopic (exact) mass is 575 g/mol. The van der Waals surface area contributed by atoms with Gasteiger partial charge in [0.2, 0.25) is 0 Å². The molecule has 9 nitrogen and oxygen atoms in total. The van der Waals surface area contributed by atoms with E-state index in [1.54, 1.807) is 48.5 Å². The summed E-state index contributed by atoms with van der Waals surface area (Å²) in [6.45, 7) is 0. The number of pyridine rings is 2. The van der Waals surface area contributed by atoms with Crippen LogP contribution in [0.5, 0.6) is 17.2 Å². The van der Waals surface area contributed by atoms with Gasteiger partial charge in [-0.3, -0.25) is 0 Å². The van der Waals surface area contributed by atoms with Gasteiger partial charge in [-0.1, -0.05) is 78.9 Å². The third-order valence-corrected chi connectivity index (χ3v) is 5.81. The largest absolute Gasteiger partial charge is 0.508 e. The summed E-state index contributed by atoms with van der Waals surface area (Å²) in [6.07, 6.45) is 0. The molecule has 0 aliphatic rings. The zero-order chi connectivity index (χ0) is 29.4. The van der Waals surface area contributed by atoms with Gasteiger partial charge in [0, 0.05) is 28.1 Å². The Morgan fingerprint density at radius 1 is 0.476 bits per heavy atom. The van der Waals surface area contributed by atoms with E-state index < -0.39 is 11.9 Å². The van der Waals surface area contributed by atoms with Gasteiger partial charge in [0.25, 0.3) is 0 Å². The van der Waals surface area contributed by atoms with Crippen LogP contribution in [0.3, 0.4) is 0 Å². The van der Waals surface area contributed by atoms with Gasteiger partial charge >= 0.3 is 11.9 Å². The molecule has 0 saturated heterocycles. The quantitative estimate of drug-likeness (QED) is 0.160. The molecule has 0 unspecified atom stereocenters. The van der Waals surface area contributed by atoms with E-state index in [4.69, 9.17) is 15.3 Å². The molecule has 0 fully saturated rings. The van der Waals surface area contributed by atoms with Crippen LogP contribution in [-0.2, 0) is 0 Å². The van der Waals surface area contributed by atoms with Gasteiger partial charge in [0.15, 0.2) is 0 Å². The summed E-state index contributed by atoms with van der Waals surface area (Å²) in [5.41, 5.74) is 2.78. The van der Waals surface area contributed by atoms with Crippen LogP contribution in [0, 0.1) is 0 Å². The van der Waals surface area contributed by atoms with Crippen molar-refractivity contribution < 1.29 is 35.1 Å². The number of hydrogen-bond acceptors (Lipinski definition) is 7. The first kappa shape index (κ1) is 31.1. The number of para-hydroxylation sites is 2. The smallest absolute Gasteiger partial charge is 0.354 e. The van der Waals surface area contributed by atoms with E-state index in [1.807, 2.05) is 42.5 Å². The average Bonchev–Trinajstić information content (AvgIpc) is 2.99. The van der Waals surface area contributed by atoms with E-state index in [9.17, 15) is 19.8 Å². The third kappa shape index (κ3) is 7.82. The predicted octanol–water partition coefficient (Wildman–Crippen LogP) is 5.96. The molecule has 5 N–H and O–H groups in total. The van der Waals surface area contributed by atoms with Crippen LogP contribution in [0.2, 0.25) is 0 Å². The number of aromatic nitrogens is 2. The van der Waals surface area contributed by atoms with Gasteiger partial charge < -0.3 is 25.5 Å². The van der Waals surface area contributed by atoms with Crippen molar-refractivity contribution in [2.75, 3.05) is 0 Å². The molecule has 6 aromatic rings. The molecule has 0 aliphatic carbocycles. The molecule has 0 spiro atoms. The van der Waals surface area contributed by atoms with Crippen LogP contribution >= 0.6 is 0 Å². The summed E-state index contributed by atoms with van der Waals surface area (Å²) in [5.74, 6) is -1.92. The number of aromatic hydroxyl groups is 3. The highest BCUT2D eigenvalue weighted by molar-refractivity contribution is 5.92. The highest BCUT2D eigenvalue weighted by Gasteiger charge is 2.08. The van der Waals surface area contributed by atoms with Crippen molar-refractivity contribution in [2.45, 2.75) is 0 Å². The minimum Gasteiger partial charge on any atom is -0.508 e. The number of carboxylic acid groups (broad SMARTS) is 2. The molecule has 2 aromatic heterocycles. The van der Waals surface area contributed by atoms with Gasteiger partial charge in [-0.25, -0.2) is 19.6 Å². The number of nitrogens with zero attached hydrogens (tertiary/aromatic N) is 2. The topological polar surface area (TPSA) is 161 Å². The van der Waals surface area contributed by atoms with Crippen LogP contribution in [0.15, 0.2) is 115 Å². The Morgan fingerprint density at radius 2 is 0.905 bits per heavy atom. The van der Waals surface area contributed by atoms with Crippen LogP contribution < -0.4 is 0 Å². The Hall–Kier alpha value is -5.43. The lowest BCUT2D eigenvalue weighted by Gasteiger charge is -2.00. The van der Waals surface area contributed by atoms with E-state index in [2.05, 4.69) is 9.97 Å². The lowest BCUT2D eigenvalue weighted by molar-refractivity contribution is 0.0680.